The van der Waals surface area contributed by atoms with E-state index < -0.39 is 5.91 Å². The zero-order chi connectivity index (χ0) is 15.2. The zero-order valence-electron chi connectivity index (χ0n) is 12.8. The molecule has 1 amide bonds. The highest BCUT2D eigenvalue weighted by Crippen LogP contribution is 2.23. The largest absolute Gasteiger partial charge is 0.484 e. The predicted octanol–water partition coefficient (Wildman–Crippen LogP) is 1.69. The topological polar surface area (TPSA) is 67.6 Å². The summed E-state index contributed by atoms with van der Waals surface area (Å²) in [6.07, 6.45) is 2.52. The Morgan fingerprint density at radius 1 is 1.57 bits per heavy atom. The molecule has 0 spiro atoms. The van der Waals surface area contributed by atoms with E-state index in [1.807, 2.05) is 24.3 Å². The van der Waals surface area contributed by atoms with Crippen LogP contribution in [0.15, 0.2) is 24.3 Å². The molecular weight excluding hydrogens is 266 g/mol. The van der Waals surface area contributed by atoms with E-state index in [0.717, 1.165) is 12.2 Å². The zero-order valence-corrected chi connectivity index (χ0v) is 12.8. The molecule has 3 N–H and O–H groups in total. The first kappa shape index (κ1) is 15.6. The first-order valence-electron chi connectivity index (χ1n) is 7.51. The molecule has 0 saturated carbocycles. The van der Waals surface area contributed by atoms with E-state index in [1.165, 1.54) is 19.4 Å². The van der Waals surface area contributed by atoms with Gasteiger partial charge in [0.25, 0.3) is 5.91 Å². The minimum atomic E-state index is -0.466. The number of nitrogens with two attached hydrogens (primary N) is 1. The van der Waals surface area contributed by atoms with Gasteiger partial charge in [-0.05, 0) is 51.4 Å². The minimum Gasteiger partial charge on any atom is -0.484 e. The molecule has 1 aromatic rings. The fourth-order valence-electron chi connectivity index (χ4n) is 2.83. The standard InChI is InChI=1S/C16H25N3O2/c1-12(13-5-4-8-19(2)10-13)18-14-6-3-7-15(9-14)21-11-16(17)20/h3,6-7,9,12-13,18H,4-5,8,10-11H2,1-2H3,(H2,17,20). The lowest BCUT2D eigenvalue weighted by atomic mass is 9.92. The molecule has 116 valence electrons. The van der Waals surface area contributed by atoms with Crippen LogP contribution in [-0.4, -0.2) is 43.6 Å². The number of carbonyl (C=O) groups is 1. The van der Waals surface area contributed by atoms with Crippen molar-refractivity contribution >= 4 is 11.6 Å². The van der Waals surface area contributed by atoms with Crippen LogP contribution in [0.3, 0.4) is 0 Å². The number of piperidine rings is 1. The Kier molecular flexibility index (Phi) is 5.44. The highest BCUT2D eigenvalue weighted by Gasteiger charge is 2.22. The Balaban J connectivity index is 1.92. The summed E-state index contributed by atoms with van der Waals surface area (Å²) in [6.45, 7) is 4.46. The van der Waals surface area contributed by atoms with Crippen LogP contribution in [0, 0.1) is 5.92 Å². The average molecular weight is 291 g/mol. The van der Waals surface area contributed by atoms with Gasteiger partial charge < -0.3 is 20.7 Å². The lowest BCUT2D eigenvalue weighted by molar-refractivity contribution is -0.119. The van der Waals surface area contributed by atoms with E-state index in [0.29, 0.717) is 17.7 Å². The number of rotatable bonds is 6. The first-order valence-corrected chi connectivity index (χ1v) is 7.51. The number of likely N-dealkylation sites (tertiary alicyclic amines) is 1. The molecular formula is C16H25N3O2. The molecule has 1 aromatic carbocycles. The van der Waals surface area contributed by atoms with Gasteiger partial charge >= 0.3 is 0 Å². The molecule has 1 fully saturated rings. The third-order valence-electron chi connectivity index (χ3n) is 3.98. The van der Waals surface area contributed by atoms with Crippen LogP contribution in [0.4, 0.5) is 5.69 Å². The van der Waals surface area contributed by atoms with Crippen molar-refractivity contribution in [2.75, 3.05) is 32.1 Å². The number of ether oxygens (including phenoxy) is 1. The smallest absolute Gasteiger partial charge is 0.255 e. The second kappa shape index (κ2) is 7.31. The molecule has 2 atom stereocenters. The van der Waals surface area contributed by atoms with Crippen molar-refractivity contribution in [1.82, 2.24) is 4.90 Å². The number of primary amides is 1. The Bertz CT molecular complexity index is 478. The Hall–Kier alpha value is -1.75. The number of amides is 1. The number of nitrogens with zero attached hydrogens (tertiary/aromatic N) is 1. The van der Waals surface area contributed by atoms with Gasteiger partial charge in [0.15, 0.2) is 6.61 Å². The maximum absolute atomic E-state index is 10.7. The van der Waals surface area contributed by atoms with Gasteiger partial charge in [0.2, 0.25) is 0 Å². The maximum Gasteiger partial charge on any atom is 0.255 e. The Morgan fingerprint density at radius 2 is 2.38 bits per heavy atom. The van der Waals surface area contributed by atoms with Crippen molar-refractivity contribution < 1.29 is 9.53 Å². The van der Waals surface area contributed by atoms with Gasteiger partial charge in [0.1, 0.15) is 5.75 Å². The van der Waals surface area contributed by atoms with Crippen molar-refractivity contribution in [1.29, 1.82) is 0 Å². The molecule has 0 aliphatic carbocycles. The van der Waals surface area contributed by atoms with Gasteiger partial charge in [-0.15, -0.1) is 0 Å². The quantitative estimate of drug-likeness (QED) is 0.837. The monoisotopic (exact) mass is 291 g/mol. The molecule has 0 aromatic heterocycles. The molecule has 2 rings (SSSR count). The van der Waals surface area contributed by atoms with Crippen LogP contribution in [0.25, 0.3) is 0 Å². The molecule has 5 nitrogen and oxygen atoms in total. The van der Waals surface area contributed by atoms with E-state index in [1.54, 1.807) is 0 Å². The van der Waals surface area contributed by atoms with Crippen LogP contribution < -0.4 is 15.8 Å². The van der Waals surface area contributed by atoms with E-state index in [2.05, 4.69) is 24.2 Å². The molecule has 0 bridgehead atoms. The van der Waals surface area contributed by atoms with Crippen LogP contribution in [-0.2, 0) is 4.79 Å². The maximum atomic E-state index is 10.7. The summed E-state index contributed by atoms with van der Waals surface area (Å²) in [5.74, 6) is 0.845. The van der Waals surface area contributed by atoms with E-state index in [-0.39, 0.29) is 6.61 Å². The number of anilines is 1. The predicted molar refractivity (Wildman–Crippen MR) is 84.4 cm³/mol. The molecule has 1 saturated heterocycles. The van der Waals surface area contributed by atoms with E-state index >= 15 is 0 Å². The lowest BCUT2D eigenvalue weighted by Crippen LogP contribution is -2.39. The number of hydrogen-bond donors (Lipinski definition) is 2. The minimum absolute atomic E-state index is 0.0908. The van der Waals surface area contributed by atoms with Gasteiger partial charge in [-0.25, -0.2) is 0 Å². The summed E-state index contributed by atoms with van der Waals surface area (Å²) in [5, 5.41) is 3.54. The number of carbonyl (C=O) groups excluding carboxylic acids is 1. The third kappa shape index (κ3) is 4.93. The SMILES string of the molecule is CC(Nc1cccc(OCC(N)=O)c1)C1CCCN(C)C1. The normalized spacial score (nSPS) is 20.8. The van der Waals surface area contributed by atoms with Gasteiger partial charge in [-0.2, -0.15) is 0 Å². The molecule has 1 heterocycles. The van der Waals surface area contributed by atoms with Crippen LogP contribution >= 0.6 is 0 Å². The molecule has 0 radical (unpaired) electrons. The van der Waals surface area contributed by atoms with Crippen molar-refractivity contribution in [3.8, 4) is 5.75 Å². The summed E-state index contributed by atoms with van der Waals surface area (Å²) < 4.78 is 5.33. The summed E-state index contributed by atoms with van der Waals surface area (Å²) in [5.41, 5.74) is 6.10. The lowest BCUT2D eigenvalue weighted by Gasteiger charge is -2.34. The van der Waals surface area contributed by atoms with Crippen LogP contribution in [0.1, 0.15) is 19.8 Å². The molecule has 1 aliphatic rings. The summed E-state index contributed by atoms with van der Waals surface area (Å²) in [6, 6.07) is 8.07. The van der Waals surface area contributed by atoms with Gasteiger partial charge in [-0.3, -0.25) is 4.79 Å². The van der Waals surface area contributed by atoms with Crippen LogP contribution in [0.5, 0.6) is 5.75 Å². The van der Waals surface area contributed by atoms with Crippen molar-refractivity contribution in [2.45, 2.75) is 25.8 Å². The molecule has 5 heteroatoms. The van der Waals surface area contributed by atoms with Crippen molar-refractivity contribution in [2.24, 2.45) is 11.7 Å². The van der Waals surface area contributed by atoms with E-state index in [4.69, 9.17) is 10.5 Å². The van der Waals surface area contributed by atoms with Gasteiger partial charge in [0, 0.05) is 24.3 Å². The van der Waals surface area contributed by atoms with Gasteiger partial charge in [0.05, 0.1) is 0 Å². The Labute approximate surface area is 126 Å². The summed E-state index contributed by atoms with van der Waals surface area (Å²) in [4.78, 5) is 13.1. The fraction of sp³-hybridized carbons (Fsp3) is 0.562. The average Bonchev–Trinajstić information content (AvgIpc) is 2.45. The highest BCUT2D eigenvalue weighted by molar-refractivity contribution is 5.75. The summed E-state index contributed by atoms with van der Waals surface area (Å²) >= 11 is 0. The molecule has 2 unspecified atom stereocenters. The molecule has 1 aliphatic heterocycles. The van der Waals surface area contributed by atoms with Crippen molar-refractivity contribution in [3.05, 3.63) is 24.3 Å². The highest BCUT2D eigenvalue weighted by atomic mass is 16.5. The summed E-state index contributed by atoms with van der Waals surface area (Å²) in [7, 11) is 2.18. The van der Waals surface area contributed by atoms with E-state index in [9.17, 15) is 4.79 Å². The van der Waals surface area contributed by atoms with Crippen LogP contribution in [0.2, 0.25) is 0 Å². The Morgan fingerprint density at radius 3 is 3.10 bits per heavy atom. The van der Waals surface area contributed by atoms with Crippen molar-refractivity contribution in [3.63, 3.8) is 0 Å². The molecule has 21 heavy (non-hydrogen) atoms. The first-order chi connectivity index (χ1) is 10.0. The van der Waals surface area contributed by atoms with Gasteiger partial charge in [-0.1, -0.05) is 6.07 Å². The second-order valence-corrected chi connectivity index (χ2v) is 5.88. The second-order valence-electron chi connectivity index (χ2n) is 5.88. The fourth-order valence-corrected chi connectivity index (χ4v) is 2.83. The number of nitrogens with one attached hydrogen (secondary N) is 1. The third-order valence-corrected chi connectivity index (χ3v) is 3.98. The number of benzene rings is 1. The number of hydrogen-bond acceptors (Lipinski definition) is 4.